The number of H-pyrrole nitrogens is 1. The average Bonchev–Trinajstić information content (AvgIpc) is 3.05. The second kappa shape index (κ2) is 7.36. The lowest BCUT2D eigenvalue weighted by Gasteiger charge is -2.21. The first-order valence-electron chi connectivity index (χ1n) is 8.90. The van der Waals surface area contributed by atoms with E-state index in [2.05, 4.69) is 4.98 Å². The lowest BCUT2D eigenvalue weighted by atomic mass is 9.85. The zero-order chi connectivity index (χ0) is 19.7. The van der Waals surface area contributed by atoms with Gasteiger partial charge in [-0.2, -0.15) is 13.2 Å². The number of rotatable bonds is 4. The molecule has 1 nitrogen and oxygen atoms in total. The molecule has 142 valence electrons. The van der Waals surface area contributed by atoms with Gasteiger partial charge in [0.25, 0.3) is 0 Å². The number of alkyl halides is 3. The van der Waals surface area contributed by atoms with Crippen molar-refractivity contribution in [1.82, 2.24) is 4.98 Å². The highest BCUT2D eigenvalue weighted by molar-refractivity contribution is 6.31. The van der Waals surface area contributed by atoms with Crippen LogP contribution in [0.2, 0.25) is 5.02 Å². The van der Waals surface area contributed by atoms with Crippen molar-refractivity contribution in [1.29, 1.82) is 0 Å². The fourth-order valence-corrected chi connectivity index (χ4v) is 3.86. The second-order valence-electron chi connectivity index (χ2n) is 6.75. The van der Waals surface area contributed by atoms with Crippen molar-refractivity contribution in [2.24, 2.45) is 0 Å². The van der Waals surface area contributed by atoms with Gasteiger partial charge in [-0.1, -0.05) is 78.3 Å². The number of hydrogen-bond donors (Lipinski definition) is 1. The van der Waals surface area contributed by atoms with Gasteiger partial charge in [0.05, 0.1) is 12.1 Å². The summed E-state index contributed by atoms with van der Waals surface area (Å²) in [4.78, 5) is 3.31. The predicted molar refractivity (Wildman–Crippen MR) is 108 cm³/mol. The maximum absolute atomic E-state index is 13.6. The molecule has 1 heterocycles. The quantitative estimate of drug-likeness (QED) is 0.364. The van der Waals surface area contributed by atoms with E-state index in [-0.39, 0.29) is 0 Å². The molecule has 0 spiro atoms. The molecule has 0 fully saturated rings. The number of fused-ring (bicyclic) bond motifs is 1. The first-order chi connectivity index (χ1) is 13.4. The third-order valence-electron chi connectivity index (χ3n) is 4.85. The van der Waals surface area contributed by atoms with Gasteiger partial charge in [0, 0.05) is 21.8 Å². The van der Waals surface area contributed by atoms with Crippen LogP contribution in [0.15, 0.2) is 78.9 Å². The van der Waals surface area contributed by atoms with Gasteiger partial charge in [-0.05, 0) is 28.8 Å². The highest BCUT2D eigenvalue weighted by Crippen LogP contribution is 2.44. The molecule has 1 aromatic heterocycles. The summed E-state index contributed by atoms with van der Waals surface area (Å²) in [6.45, 7) is 0. The molecule has 1 N–H and O–H groups in total. The van der Waals surface area contributed by atoms with Gasteiger partial charge in [-0.25, -0.2) is 0 Å². The molecular weight excluding hydrogens is 383 g/mol. The van der Waals surface area contributed by atoms with Crippen molar-refractivity contribution in [3.05, 3.63) is 95.0 Å². The Morgan fingerprint density at radius 1 is 0.857 bits per heavy atom. The first-order valence-corrected chi connectivity index (χ1v) is 9.28. The topological polar surface area (TPSA) is 15.8 Å². The van der Waals surface area contributed by atoms with E-state index in [1.807, 2.05) is 30.3 Å². The van der Waals surface area contributed by atoms with E-state index in [0.717, 1.165) is 16.5 Å². The Hall–Kier alpha value is -2.72. The molecule has 4 aromatic rings. The van der Waals surface area contributed by atoms with Crippen molar-refractivity contribution < 1.29 is 13.2 Å². The molecule has 28 heavy (non-hydrogen) atoms. The Morgan fingerprint density at radius 3 is 2.14 bits per heavy atom. The summed E-state index contributed by atoms with van der Waals surface area (Å²) in [5, 5.41) is 1.29. The van der Waals surface area contributed by atoms with Crippen molar-refractivity contribution in [3.63, 3.8) is 0 Å². The van der Waals surface area contributed by atoms with Crippen LogP contribution < -0.4 is 0 Å². The Labute approximate surface area is 165 Å². The minimum atomic E-state index is -4.30. The fraction of sp³-hybridized carbons (Fsp3) is 0.130. The molecule has 0 saturated carbocycles. The van der Waals surface area contributed by atoms with Crippen LogP contribution in [0.3, 0.4) is 0 Å². The van der Waals surface area contributed by atoms with Crippen LogP contribution in [0.25, 0.3) is 22.2 Å². The molecule has 1 atom stereocenters. The summed E-state index contributed by atoms with van der Waals surface area (Å²) in [6, 6.07) is 23.5. The van der Waals surface area contributed by atoms with Gasteiger partial charge in [0.2, 0.25) is 0 Å². The molecule has 0 aliphatic rings. The van der Waals surface area contributed by atoms with E-state index < -0.39 is 18.5 Å². The number of aromatic amines is 1. The number of nitrogens with one attached hydrogen (secondary N) is 1. The largest absolute Gasteiger partial charge is 0.390 e. The Morgan fingerprint density at radius 2 is 1.50 bits per heavy atom. The summed E-state index contributed by atoms with van der Waals surface area (Å²) in [6.07, 6.45) is -5.24. The number of hydrogen-bond acceptors (Lipinski definition) is 0. The average molecular weight is 400 g/mol. The summed E-state index contributed by atoms with van der Waals surface area (Å²) in [5.41, 5.74) is 3.53. The normalized spacial score (nSPS) is 13.0. The van der Waals surface area contributed by atoms with Gasteiger partial charge in [0.15, 0.2) is 0 Å². The summed E-state index contributed by atoms with van der Waals surface area (Å²) < 4.78 is 40.7. The van der Waals surface area contributed by atoms with Crippen LogP contribution in [0.5, 0.6) is 0 Å². The van der Waals surface area contributed by atoms with Crippen LogP contribution in [0.4, 0.5) is 13.2 Å². The number of benzene rings is 3. The predicted octanol–water partition coefficient (Wildman–Crippen LogP) is 7.57. The molecule has 0 aliphatic heterocycles. The van der Waals surface area contributed by atoms with Gasteiger partial charge in [-0.3, -0.25) is 0 Å². The Bertz CT molecular complexity index is 1090. The maximum atomic E-state index is 13.6. The van der Waals surface area contributed by atoms with Gasteiger partial charge in [0.1, 0.15) is 0 Å². The molecule has 0 amide bonds. The zero-order valence-corrected chi connectivity index (χ0v) is 15.6. The van der Waals surface area contributed by atoms with Crippen molar-refractivity contribution in [2.75, 3.05) is 0 Å². The SMILES string of the molecule is FC(F)(F)C[C@H](c1ccccc1)c1c(-c2ccccc2)[nH]c2cc(Cl)ccc12. The lowest BCUT2D eigenvalue weighted by molar-refractivity contribution is -0.136. The standard InChI is InChI=1S/C23H17ClF3N/c24-17-11-12-18-20(13-17)28-22(16-9-5-2-6-10-16)21(18)19(14-23(25,26)27)15-7-3-1-4-8-15/h1-13,19,28H,14H2/t19-/m1/s1. The van der Waals surface area contributed by atoms with E-state index in [0.29, 0.717) is 21.8 Å². The molecule has 0 saturated heterocycles. The fourth-order valence-electron chi connectivity index (χ4n) is 3.69. The van der Waals surface area contributed by atoms with Crippen LogP contribution in [-0.4, -0.2) is 11.2 Å². The molecule has 0 aliphatic carbocycles. The second-order valence-corrected chi connectivity index (χ2v) is 7.19. The Kier molecular flexibility index (Phi) is 4.90. The first kappa shape index (κ1) is 18.6. The maximum Gasteiger partial charge on any atom is 0.390 e. The molecule has 0 bridgehead atoms. The molecular formula is C23H17ClF3N. The van der Waals surface area contributed by atoms with Crippen molar-refractivity contribution in [2.45, 2.75) is 18.5 Å². The molecule has 3 aromatic carbocycles. The summed E-state index contributed by atoms with van der Waals surface area (Å²) in [5.74, 6) is -0.827. The molecule has 0 radical (unpaired) electrons. The number of aromatic nitrogens is 1. The van der Waals surface area contributed by atoms with Crippen LogP contribution in [0.1, 0.15) is 23.5 Å². The van der Waals surface area contributed by atoms with Crippen molar-refractivity contribution in [3.8, 4) is 11.3 Å². The molecule has 5 heteroatoms. The van der Waals surface area contributed by atoms with E-state index in [1.165, 1.54) is 0 Å². The van der Waals surface area contributed by atoms with E-state index >= 15 is 0 Å². The third-order valence-corrected chi connectivity index (χ3v) is 5.08. The zero-order valence-electron chi connectivity index (χ0n) is 14.8. The Balaban J connectivity index is 2.00. The highest BCUT2D eigenvalue weighted by Gasteiger charge is 2.35. The minimum Gasteiger partial charge on any atom is -0.354 e. The van der Waals surface area contributed by atoms with Crippen LogP contribution in [-0.2, 0) is 0 Å². The third kappa shape index (κ3) is 3.78. The number of halogens is 4. The molecule has 4 rings (SSSR count). The lowest BCUT2D eigenvalue weighted by Crippen LogP contribution is -2.15. The summed E-state index contributed by atoms with van der Waals surface area (Å²) >= 11 is 6.13. The van der Waals surface area contributed by atoms with E-state index in [4.69, 9.17) is 11.6 Å². The minimum absolute atomic E-state index is 0.534. The van der Waals surface area contributed by atoms with E-state index in [1.54, 1.807) is 48.5 Å². The smallest absolute Gasteiger partial charge is 0.354 e. The molecule has 0 unspecified atom stereocenters. The van der Waals surface area contributed by atoms with E-state index in [9.17, 15) is 13.2 Å². The van der Waals surface area contributed by atoms with Gasteiger partial charge in [-0.15, -0.1) is 0 Å². The van der Waals surface area contributed by atoms with Crippen LogP contribution in [0, 0.1) is 0 Å². The summed E-state index contributed by atoms with van der Waals surface area (Å²) in [7, 11) is 0. The van der Waals surface area contributed by atoms with Crippen molar-refractivity contribution >= 4 is 22.5 Å². The van der Waals surface area contributed by atoms with Gasteiger partial charge < -0.3 is 4.98 Å². The highest BCUT2D eigenvalue weighted by atomic mass is 35.5. The van der Waals surface area contributed by atoms with Crippen LogP contribution >= 0.6 is 11.6 Å². The monoisotopic (exact) mass is 399 g/mol. The van der Waals surface area contributed by atoms with Gasteiger partial charge >= 0.3 is 6.18 Å².